The lowest BCUT2D eigenvalue weighted by Crippen LogP contribution is -2.27. The number of amides is 1. The molecule has 0 bridgehead atoms. The van der Waals surface area contributed by atoms with Crippen LogP contribution >= 0.6 is 0 Å². The smallest absolute Gasteiger partial charge is 0.272 e. The summed E-state index contributed by atoms with van der Waals surface area (Å²) in [6, 6.07) is 21.5. The SMILES string of the molecule is CN(Cc1ccccc1)C(=O)c1cc(N(C)c2ccccc2)ncn1. The Kier molecular flexibility index (Phi) is 5.04. The molecule has 1 heterocycles. The fourth-order valence-corrected chi connectivity index (χ4v) is 2.56. The number of benzene rings is 2. The second-order valence-corrected chi connectivity index (χ2v) is 5.80. The van der Waals surface area contributed by atoms with Gasteiger partial charge in [0, 0.05) is 32.4 Å². The fourth-order valence-electron chi connectivity index (χ4n) is 2.56. The first-order chi connectivity index (χ1) is 12.1. The summed E-state index contributed by atoms with van der Waals surface area (Å²) in [5.41, 5.74) is 2.46. The van der Waals surface area contributed by atoms with E-state index in [2.05, 4.69) is 9.97 Å². The number of rotatable bonds is 5. The van der Waals surface area contributed by atoms with Gasteiger partial charge in [-0.1, -0.05) is 48.5 Å². The molecular weight excluding hydrogens is 312 g/mol. The zero-order valence-electron chi connectivity index (χ0n) is 14.3. The van der Waals surface area contributed by atoms with Crippen molar-refractivity contribution in [2.24, 2.45) is 0 Å². The summed E-state index contributed by atoms with van der Waals surface area (Å²) in [5, 5.41) is 0. The van der Waals surface area contributed by atoms with E-state index in [1.165, 1.54) is 6.33 Å². The summed E-state index contributed by atoms with van der Waals surface area (Å²) in [6.45, 7) is 0.535. The summed E-state index contributed by atoms with van der Waals surface area (Å²) >= 11 is 0. The van der Waals surface area contributed by atoms with Crippen molar-refractivity contribution in [1.82, 2.24) is 14.9 Å². The Hall–Kier alpha value is -3.21. The van der Waals surface area contributed by atoms with Crippen molar-refractivity contribution in [1.29, 1.82) is 0 Å². The molecule has 2 aromatic carbocycles. The van der Waals surface area contributed by atoms with E-state index in [-0.39, 0.29) is 5.91 Å². The third-order valence-electron chi connectivity index (χ3n) is 3.97. The molecule has 3 aromatic rings. The molecule has 0 aliphatic rings. The van der Waals surface area contributed by atoms with Crippen LogP contribution in [-0.4, -0.2) is 34.9 Å². The average molecular weight is 332 g/mol. The molecule has 0 unspecified atom stereocenters. The van der Waals surface area contributed by atoms with Crippen LogP contribution in [-0.2, 0) is 6.54 Å². The van der Waals surface area contributed by atoms with Crippen LogP contribution in [0.4, 0.5) is 11.5 Å². The number of aromatic nitrogens is 2. The molecule has 25 heavy (non-hydrogen) atoms. The van der Waals surface area contributed by atoms with Crippen LogP contribution in [0.1, 0.15) is 16.1 Å². The molecule has 0 N–H and O–H groups in total. The van der Waals surface area contributed by atoms with Crippen LogP contribution in [0.3, 0.4) is 0 Å². The maximum absolute atomic E-state index is 12.7. The molecule has 0 atom stereocenters. The second kappa shape index (κ2) is 7.57. The molecule has 0 saturated heterocycles. The predicted octanol–water partition coefficient (Wildman–Crippen LogP) is 3.52. The molecule has 1 amide bonds. The Morgan fingerprint density at radius 1 is 0.920 bits per heavy atom. The van der Waals surface area contributed by atoms with Crippen molar-refractivity contribution in [3.8, 4) is 0 Å². The Morgan fingerprint density at radius 3 is 2.24 bits per heavy atom. The molecule has 5 heteroatoms. The largest absolute Gasteiger partial charge is 0.336 e. The van der Waals surface area contributed by atoms with Crippen molar-refractivity contribution >= 4 is 17.4 Å². The van der Waals surface area contributed by atoms with Gasteiger partial charge in [-0.3, -0.25) is 4.79 Å². The van der Waals surface area contributed by atoms with Gasteiger partial charge in [-0.2, -0.15) is 0 Å². The van der Waals surface area contributed by atoms with Gasteiger partial charge in [0.2, 0.25) is 0 Å². The molecular formula is C20H20N4O. The van der Waals surface area contributed by atoms with Gasteiger partial charge in [0.25, 0.3) is 5.91 Å². The van der Waals surface area contributed by atoms with Crippen LogP contribution < -0.4 is 4.90 Å². The van der Waals surface area contributed by atoms with Gasteiger partial charge in [0.15, 0.2) is 0 Å². The topological polar surface area (TPSA) is 49.3 Å². The van der Waals surface area contributed by atoms with Gasteiger partial charge < -0.3 is 9.80 Å². The summed E-state index contributed by atoms with van der Waals surface area (Å²) < 4.78 is 0. The Labute approximate surface area is 147 Å². The van der Waals surface area contributed by atoms with Gasteiger partial charge in [0.05, 0.1) is 0 Å². The molecule has 3 rings (SSSR count). The third-order valence-corrected chi connectivity index (χ3v) is 3.97. The number of hydrogen-bond donors (Lipinski definition) is 0. The van der Waals surface area contributed by atoms with E-state index >= 15 is 0 Å². The quantitative estimate of drug-likeness (QED) is 0.717. The van der Waals surface area contributed by atoms with E-state index in [0.717, 1.165) is 11.3 Å². The highest BCUT2D eigenvalue weighted by Crippen LogP contribution is 2.21. The minimum absolute atomic E-state index is 0.131. The number of para-hydroxylation sites is 1. The van der Waals surface area contributed by atoms with Crippen LogP contribution in [0.2, 0.25) is 0 Å². The minimum atomic E-state index is -0.131. The normalized spacial score (nSPS) is 10.3. The van der Waals surface area contributed by atoms with E-state index < -0.39 is 0 Å². The maximum atomic E-state index is 12.7. The Morgan fingerprint density at radius 2 is 1.56 bits per heavy atom. The van der Waals surface area contributed by atoms with Crippen molar-refractivity contribution in [2.45, 2.75) is 6.54 Å². The highest BCUT2D eigenvalue weighted by molar-refractivity contribution is 5.92. The molecule has 0 fully saturated rings. The standard InChI is InChI=1S/C20H20N4O/c1-23(14-16-9-5-3-6-10-16)20(25)18-13-19(22-15-21-18)24(2)17-11-7-4-8-12-17/h3-13,15H,14H2,1-2H3. The number of carbonyl (C=O) groups excluding carboxylic acids is 1. The first kappa shape index (κ1) is 16.6. The molecule has 126 valence electrons. The Balaban J connectivity index is 1.77. The lowest BCUT2D eigenvalue weighted by molar-refractivity contribution is 0.0779. The molecule has 0 radical (unpaired) electrons. The van der Waals surface area contributed by atoms with Crippen LogP contribution in [0.25, 0.3) is 0 Å². The summed E-state index contributed by atoms with van der Waals surface area (Å²) in [6.07, 6.45) is 1.43. The van der Waals surface area contributed by atoms with Gasteiger partial charge >= 0.3 is 0 Å². The van der Waals surface area contributed by atoms with E-state index in [1.54, 1.807) is 18.0 Å². The molecule has 0 saturated carbocycles. The van der Waals surface area contributed by atoms with E-state index in [1.807, 2.05) is 72.6 Å². The van der Waals surface area contributed by atoms with E-state index in [4.69, 9.17) is 0 Å². The summed E-state index contributed by atoms with van der Waals surface area (Å²) in [7, 11) is 3.69. The monoisotopic (exact) mass is 332 g/mol. The molecule has 0 spiro atoms. The lowest BCUT2D eigenvalue weighted by Gasteiger charge is -2.20. The zero-order valence-corrected chi connectivity index (χ0v) is 14.3. The second-order valence-electron chi connectivity index (χ2n) is 5.80. The van der Waals surface area contributed by atoms with Crippen molar-refractivity contribution < 1.29 is 4.79 Å². The highest BCUT2D eigenvalue weighted by Gasteiger charge is 2.16. The first-order valence-corrected chi connectivity index (χ1v) is 8.05. The van der Waals surface area contributed by atoms with Gasteiger partial charge in [0.1, 0.15) is 17.8 Å². The van der Waals surface area contributed by atoms with Crippen molar-refractivity contribution in [2.75, 3.05) is 19.0 Å². The number of carbonyl (C=O) groups is 1. The predicted molar refractivity (Wildman–Crippen MR) is 98.8 cm³/mol. The van der Waals surface area contributed by atoms with Gasteiger partial charge in [-0.05, 0) is 17.7 Å². The van der Waals surface area contributed by atoms with Crippen molar-refractivity contribution in [3.63, 3.8) is 0 Å². The lowest BCUT2D eigenvalue weighted by atomic mass is 10.2. The van der Waals surface area contributed by atoms with Gasteiger partial charge in [-0.15, -0.1) is 0 Å². The number of anilines is 2. The number of nitrogens with zero attached hydrogens (tertiary/aromatic N) is 4. The summed E-state index contributed by atoms with van der Waals surface area (Å²) in [4.78, 5) is 24.7. The minimum Gasteiger partial charge on any atom is -0.336 e. The first-order valence-electron chi connectivity index (χ1n) is 8.05. The van der Waals surface area contributed by atoms with Gasteiger partial charge in [-0.25, -0.2) is 9.97 Å². The molecule has 1 aromatic heterocycles. The van der Waals surface area contributed by atoms with E-state index in [0.29, 0.717) is 18.1 Å². The molecule has 0 aliphatic carbocycles. The molecule has 5 nitrogen and oxygen atoms in total. The van der Waals surface area contributed by atoms with Crippen LogP contribution in [0.5, 0.6) is 0 Å². The molecule has 0 aliphatic heterocycles. The third kappa shape index (κ3) is 4.01. The number of hydrogen-bond acceptors (Lipinski definition) is 4. The zero-order chi connectivity index (χ0) is 17.6. The average Bonchev–Trinajstić information content (AvgIpc) is 2.68. The van der Waals surface area contributed by atoms with Crippen LogP contribution in [0.15, 0.2) is 73.1 Å². The fraction of sp³-hybridized carbons (Fsp3) is 0.150. The van der Waals surface area contributed by atoms with Crippen LogP contribution in [0, 0.1) is 0 Å². The Bertz CT molecular complexity index is 837. The van der Waals surface area contributed by atoms with Crippen molar-refractivity contribution in [3.05, 3.63) is 84.3 Å². The van der Waals surface area contributed by atoms with E-state index in [9.17, 15) is 4.79 Å². The highest BCUT2D eigenvalue weighted by atomic mass is 16.2. The summed E-state index contributed by atoms with van der Waals surface area (Å²) in [5.74, 6) is 0.548. The maximum Gasteiger partial charge on any atom is 0.272 e.